The second-order valence-corrected chi connectivity index (χ2v) is 5.48. The lowest BCUT2D eigenvalue weighted by atomic mass is 10.00. The van der Waals surface area contributed by atoms with E-state index in [0.717, 1.165) is 28.6 Å². The van der Waals surface area contributed by atoms with Crippen molar-refractivity contribution in [2.24, 2.45) is 0 Å². The van der Waals surface area contributed by atoms with Crippen LogP contribution in [-0.2, 0) is 6.42 Å². The average Bonchev–Trinajstić information content (AvgIpc) is 2.47. The summed E-state index contributed by atoms with van der Waals surface area (Å²) in [5.74, 6) is 0.757. The Morgan fingerprint density at radius 2 is 1.90 bits per heavy atom. The Morgan fingerprint density at radius 3 is 2.55 bits per heavy atom. The van der Waals surface area contributed by atoms with Crippen LogP contribution >= 0.6 is 15.9 Å². The van der Waals surface area contributed by atoms with E-state index in [1.54, 1.807) is 25.3 Å². The van der Waals surface area contributed by atoms with Crippen molar-refractivity contribution in [2.75, 3.05) is 7.11 Å². The van der Waals surface area contributed by atoms with Gasteiger partial charge in [0.25, 0.3) is 0 Å². The number of benzene rings is 2. The smallest absolute Gasteiger partial charge is 0.193 e. The molecule has 0 aliphatic carbocycles. The molecule has 3 heteroatoms. The molecule has 2 aromatic rings. The molecule has 20 heavy (non-hydrogen) atoms. The zero-order valence-electron chi connectivity index (χ0n) is 11.7. The number of ether oxygens (including phenoxy) is 1. The summed E-state index contributed by atoms with van der Waals surface area (Å²) in [7, 11) is 1.61. The summed E-state index contributed by atoms with van der Waals surface area (Å²) < 4.78 is 5.97. The molecule has 0 radical (unpaired) electrons. The van der Waals surface area contributed by atoms with Crippen molar-refractivity contribution in [1.29, 1.82) is 0 Å². The molecule has 0 bridgehead atoms. The van der Waals surface area contributed by atoms with Crippen molar-refractivity contribution in [3.05, 3.63) is 63.6 Å². The first-order valence-corrected chi connectivity index (χ1v) is 7.42. The fourth-order valence-electron chi connectivity index (χ4n) is 2.13. The van der Waals surface area contributed by atoms with Crippen molar-refractivity contribution in [3.63, 3.8) is 0 Å². The Morgan fingerprint density at radius 1 is 1.15 bits per heavy atom. The number of hydrogen-bond acceptors (Lipinski definition) is 2. The molecule has 104 valence electrons. The number of rotatable bonds is 5. The van der Waals surface area contributed by atoms with Gasteiger partial charge in [-0.05, 0) is 52.2 Å². The van der Waals surface area contributed by atoms with Gasteiger partial charge >= 0.3 is 0 Å². The first-order chi connectivity index (χ1) is 9.65. The molecule has 0 spiro atoms. The molecule has 0 atom stereocenters. The number of halogens is 1. The highest BCUT2D eigenvalue weighted by molar-refractivity contribution is 9.10. The Balaban J connectivity index is 2.31. The number of hydrogen-bond donors (Lipinski definition) is 0. The summed E-state index contributed by atoms with van der Waals surface area (Å²) in [6.07, 6.45) is 2.07. The molecule has 2 aromatic carbocycles. The van der Waals surface area contributed by atoms with Gasteiger partial charge in [0, 0.05) is 11.1 Å². The van der Waals surface area contributed by atoms with Crippen molar-refractivity contribution in [2.45, 2.75) is 19.8 Å². The molecular formula is C17H17BrO2. The molecule has 0 amide bonds. The van der Waals surface area contributed by atoms with Crippen LogP contribution in [-0.4, -0.2) is 12.9 Å². The van der Waals surface area contributed by atoms with Crippen LogP contribution in [0.25, 0.3) is 0 Å². The van der Waals surface area contributed by atoms with Gasteiger partial charge in [-0.3, -0.25) is 4.79 Å². The Bertz CT molecular complexity index is 620. The fraction of sp³-hybridized carbons (Fsp3) is 0.235. The lowest BCUT2D eigenvalue weighted by molar-refractivity contribution is 0.103. The van der Waals surface area contributed by atoms with Crippen molar-refractivity contribution >= 4 is 21.7 Å². The third-order valence-corrected chi connectivity index (χ3v) is 3.76. The van der Waals surface area contributed by atoms with Gasteiger partial charge < -0.3 is 4.74 Å². The van der Waals surface area contributed by atoms with Crippen LogP contribution in [0.15, 0.2) is 46.9 Å². The number of aryl methyl sites for hydroxylation is 1. The van der Waals surface area contributed by atoms with E-state index in [0.29, 0.717) is 5.56 Å². The average molecular weight is 333 g/mol. The van der Waals surface area contributed by atoms with E-state index in [1.807, 2.05) is 18.2 Å². The van der Waals surface area contributed by atoms with E-state index in [1.165, 1.54) is 5.56 Å². The van der Waals surface area contributed by atoms with Crippen LogP contribution < -0.4 is 4.74 Å². The van der Waals surface area contributed by atoms with E-state index >= 15 is 0 Å². The first-order valence-electron chi connectivity index (χ1n) is 6.63. The van der Waals surface area contributed by atoms with E-state index < -0.39 is 0 Å². The summed E-state index contributed by atoms with van der Waals surface area (Å²) in [5.41, 5.74) is 2.59. The number of ketones is 1. The summed E-state index contributed by atoms with van der Waals surface area (Å²) in [5, 5.41) is 0. The van der Waals surface area contributed by atoms with Gasteiger partial charge in [-0.15, -0.1) is 0 Å². The lowest BCUT2D eigenvalue weighted by Crippen LogP contribution is -2.02. The molecule has 0 heterocycles. The normalized spacial score (nSPS) is 10.3. The van der Waals surface area contributed by atoms with Gasteiger partial charge in [0.1, 0.15) is 5.75 Å². The van der Waals surface area contributed by atoms with Crippen LogP contribution in [0.4, 0.5) is 0 Å². The minimum absolute atomic E-state index is 0.0336. The molecule has 0 aliphatic rings. The van der Waals surface area contributed by atoms with E-state index in [4.69, 9.17) is 4.74 Å². The second kappa shape index (κ2) is 6.71. The highest BCUT2D eigenvalue weighted by atomic mass is 79.9. The predicted octanol–water partition coefficient (Wildman–Crippen LogP) is 4.64. The summed E-state index contributed by atoms with van der Waals surface area (Å²) in [6, 6.07) is 13.2. The molecule has 0 aromatic heterocycles. The molecular weight excluding hydrogens is 316 g/mol. The van der Waals surface area contributed by atoms with E-state index in [2.05, 4.69) is 28.9 Å². The van der Waals surface area contributed by atoms with Crippen LogP contribution in [0.1, 0.15) is 34.8 Å². The van der Waals surface area contributed by atoms with Crippen molar-refractivity contribution in [3.8, 4) is 5.75 Å². The minimum atomic E-state index is 0.0336. The van der Waals surface area contributed by atoms with E-state index in [-0.39, 0.29) is 5.78 Å². The van der Waals surface area contributed by atoms with Crippen LogP contribution in [0, 0.1) is 0 Å². The minimum Gasteiger partial charge on any atom is -0.496 e. The molecule has 0 aliphatic heterocycles. The highest BCUT2D eigenvalue weighted by Gasteiger charge is 2.11. The molecule has 0 fully saturated rings. The molecule has 2 rings (SSSR count). The van der Waals surface area contributed by atoms with Crippen molar-refractivity contribution < 1.29 is 9.53 Å². The molecule has 0 saturated heterocycles. The van der Waals surface area contributed by atoms with Crippen LogP contribution in [0.2, 0.25) is 0 Å². The maximum atomic E-state index is 12.5. The zero-order valence-corrected chi connectivity index (χ0v) is 13.2. The Hall–Kier alpha value is -1.61. The molecule has 0 N–H and O–H groups in total. The largest absolute Gasteiger partial charge is 0.496 e. The summed E-state index contributed by atoms with van der Waals surface area (Å²) in [4.78, 5) is 12.5. The summed E-state index contributed by atoms with van der Waals surface area (Å²) >= 11 is 3.41. The van der Waals surface area contributed by atoms with Gasteiger partial charge in [0.05, 0.1) is 11.6 Å². The quantitative estimate of drug-likeness (QED) is 0.745. The van der Waals surface area contributed by atoms with Gasteiger partial charge in [-0.1, -0.05) is 31.5 Å². The van der Waals surface area contributed by atoms with Crippen LogP contribution in [0.5, 0.6) is 5.75 Å². The standard InChI is InChI=1S/C17H17BrO2/c1-3-5-12-6-4-7-13(10-12)17(19)14-8-9-16(20-2)15(18)11-14/h4,6-11H,3,5H2,1-2H3. The molecule has 0 saturated carbocycles. The number of methoxy groups -OCH3 is 1. The highest BCUT2D eigenvalue weighted by Crippen LogP contribution is 2.26. The second-order valence-electron chi connectivity index (χ2n) is 4.63. The zero-order chi connectivity index (χ0) is 14.5. The molecule has 0 unspecified atom stereocenters. The van der Waals surface area contributed by atoms with Gasteiger partial charge in [0.2, 0.25) is 0 Å². The van der Waals surface area contributed by atoms with Gasteiger partial charge in [-0.2, -0.15) is 0 Å². The SMILES string of the molecule is CCCc1cccc(C(=O)c2ccc(OC)c(Br)c2)c1. The lowest BCUT2D eigenvalue weighted by Gasteiger charge is -2.07. The Labute approximate surface area is 127 Å². The van der Waals surface area contributed by atoms with Gasteiger partial charge in [-0.25, -0.2) is 0 Å². The molecule has 2 nitrogen and oxygen atoms in total. The topological polar surface area (TPSA) is 26.3 Å². The number of carbonyl (C=O) groups excluding carboxylic acids is 1. The maximum Gasteiger partial charge on any atom is 0.193 e. The van der Waals surface area contributed by atoms with Gasteiger partial charge in [0.15, 0.2) is 5.78 Å². The summed E-state index contributed by atoms with van der Waals surface area (Å²) in [6.45, 7) is 2.13. The third kappa shape index (κ3) is 3.28. The van der Waals surface area contributed by atoms with Crippen molar-refractivity contribution in [1.82, 2.24) is 0 Å². The number of carbonyl (C=O) groups is 1. The Kier molecular flexibility index (Phi) is 4.96. The first kappa shape index (κ1) is 14.8. The fourth-order valence-corrected chi connectivity index (χ4v) is 2.67. The monoisotopic (exact) mass is 332 g/mol. The predicted molar refractivity (Wildman–Crippen MR) is 84.6 cm³/mol. The van der Waals surface area contributed by atoms with Crippen LogP contribution in [0.3, 0.4) is 0 Å². The van der Waals surface area contributed by atoms with E-state index in [9.17, 15) is 4.79 Å². The maximum absolute atomic E-state index is 12.5. The third-order valence-electron chi connectivity index (χ3n) is 3.14.